The van der Waals surface area contributed by atoms with E-state index >= 15 is 0 Å². The fourth-order valence-electron chi connectivity index (χ4n) is 1.07. The molecular formula is C6H7N5O. The van der Waals surface area contributed by atoms with Crippen LogP contribution in [0.2, 0.25) is 0 Å². The van der Waals surface area contributed by atoms with Crippen LogP contribution in [0.25, 0.3) is 11.0 Å². The lowest BCUT2D eigenvalue weighted by atomic mass is 10.4. The first-order chi connectivity index (χ1) is 5.83. The second-order valence-electron chi connectivity index (χ2n) is 2.28. The molecular weight excluding hydrogens is 158 g/mol. The van der Waals surface area contributed by atoms with Crippen molar-refractivity contribution in [2.75, 3.05) is 5.53 Å². The number of aromatic amines is 1. The maximum absolute atomic E-state index is 11.1. The molecule has 0 atom stereocenters. The molecule has 2 rings (SSSR count). The average Bonchev–Trinajstić information content (AvgIpc) is 2.49. The van der Waals surface area contributed by atoms with Crippen molar-refractivity contribution in [3.8, 4) is 0 Å². The molecule has 2 heterocycles. The molecule has 6 nitrogen and oxygen atoms in total. The average molecular weight is 165 g/mol. The number of nitrogens with one attached hydrogen (secondary N) is 2. The van der Waals surface area contributed by atoms with Crippen LogP contribution in [-0.4, -0.2) is 14.6 Å². The maximum atomic E-state index is 11.1. The Morgan fingerprint density at radius 3 is 3.25 bits per heavy atom. The lowest BCUT2D eigenvalue weighted by Gasteiger charge is -1.99. The second kappa shape index (κ2) is 2.35. The van der Waals surface area contributed by atoms with E-state index in [2.05, 4.69) is 15.5 Å². The van der Waals surface area contributed by atoms with Crippen molar-refractivity contribution in [2.24, 2.45) is 5.84 Å². The van der Waals surface area contributed by atoms with Crippen LogP contribution in [0.1, 0.15) is 0 Å². The lowest BCUT2D eigenvalue weighted by molar-refractivity contribution is 0.903. The van der Waals surface area contributed by atoms with Gasteiger partial charge in [-0.15, -0.1) is 0 Å². The third-order valence-corrected chi connectivity index (χ3v) is 1.63. The quantitative estimate of drug-likeness (QED) is 0.379. The van der Waals surface area contributed by atoms with E-state index in [9.17, 15) is 4.79 Å². The fraction of sp³-hybridized carbons (Fsp3) is 0. The summed E-state index contributed by atoms with van der Waals surface area (Å²) in [6, 6.07) is 1.64. The molecule has 12 heavy (non-hydrogen) atoms. The number of hydrogen-bond donors (Lipinski definition) is 3. The van der Waals surface area contributed by atoms with Crippen molar-refractivity contribution in [1.29, 1.82) is 0 Å². The van der Waals surface area contributed by atoms with Crippen molar-refractivity contribution < 1.29 is 0 Å². The van der Waals surface area contributed by atoms with Crippen molar-refractivity contribution in [3.05, 3.63) is 28.9 Å². The first kappa shape index (κ1) is 6.86. The molecule has 0 aliphatic heterocycles. The predicted molar refractivity (Wildman–Crippen MR) is 43.9 cm³/mol. The first-order valence-corrected chi connectivity index (χ1v) is 3.34. The minimum atomic E-state index is -0.172. The summed E-state index contributed by atoms with van der Waals surface area (Å²) in [5.74, 6) is 5.17. The molecule has 0 aromatic carbocycles. The molecule has 0 aliphatic carbocycles. The Kier molecular flexibility index (Phi) is 1.34. The van der Waals surface area contributed by atoms with Gasteiger partial charge < -0.3 is 4.98 Å². The molecule has 0 saturated carbocycles. The fourth-order valence-corrected chi connectivity index (χ4v) is 1.07. The summed E-state index contributed by atoms with van der Waals surface area (Å²) < 4.78 is 1.46. The highest BCUT2D eigenvalue weighted by molar-refractivity contribution is 5.74. The van der Waals surface area contributed by atoms with Crippen LogP contribution in [0.3, 0.4) is 0 Å². The minimum Gasteiger partial charge on any atom is -0.313 e. The normalized spacial score (nSPS) is 10.4. The number of hydrazine groups is 1. The summed E-state index contributed by atoms with van der Waals surface area (Å²) in [5.41, 5.74) is 2.72. The Morgan fingerprint density at radius 1 is 1.67 bits per heavy atom. The van der Waals surface area contributed by atoms with Crippen molar-refractivity contribution in [2.45, 2.75) is 0 Å². The molecule has 62 valence electrons. The van der Waals surface area contributed by atoms with Gasteiger partial charge in [0, 0.05) is 6.20 Å². The molecule has 0 amide bonds. The van der Waals surface area contributed by atoms with E-state index in [1.165, 1.54) is 11.0 Å². The van der Waals surface area contributed by atoms with Crippen LogP contribution in [0.5, 0.6) is 0 Å². The maximum Gasteiger partial charge on any atom is 0.260 e. The zero-order valence-corrected chi connectivity index (χ0v) is 6.11. The van der Waals surface area contributed by atoms with E-state index in [0.717, 1.165) is 0 Å². The number of aromatic nitrogens is 3. The highest BCUT2D eigenvalue weighted by Crippen LogP contribution is 2.03. The van der Waals surface area contributed by atoms with Gasteiger partial charge in [-0.3, -0.25) is 10.3 Å². The highest BCUT2D eigenvalue weighted by Gasteiger charge is 2.02. The van der Waals surface area contributed by atoms with E-state index in [1.54, 1.807) is 12.3 Å². The van der Waals surface area contributed by atoms with Gasteiger partial charge in [0.1, 0.15) is 0 Å². The van der Waals surface area contributed by atoms with Crippen LogP contribution in [0, 0.1) is 0 Å². The van der Waals surface area contributed by atoms with Crippen LogP contribution < -0.4 is 16.9 Å². The molecule has 0 unspecified atom stereocenters. The molecule has 0 bridgehead atoms. The summed E-state index contributed by atoms with van der Waals surface area (Å²) in [5, 5.41) is 0.510. The molecule has 0 radical (unpaired) electrons. The molecule has 0 fully saturated rings. The number of fused-ring (bicyclic) bond motifs is 1. The van der Waals surface area contributed by atoms with E-state index < -0.39 is 0 Å². The van der Waals surface area contributed by atoms with Gasteiger partial charge in [0.2, 0.25) is 0 Å². The van der Waals surface area contributed by atoms with Gasteiger partial charge in [-0.05, 0) is 6.07 Å². The van der Waals surface area contributed by atoms with E-state index in [1.807, 2.05) is 0 Å². The monoisotopic (exact) mass is 165 g/mol. The van der Waals surface area contributed by atoms with Crippen molar-refractivity contribution in [3.63, 3.8) is 0 Å². The van der Waals surface area contributed by atoms with Gasteiger partial charge in [0.05, 0.1) is 11.7 Å². The Bertz CT molecular complexity index is 456. The van der Waals surface area contributed by atoms with Crippen LogP contribution >= 0.6 is 0 Å². The number of hydrogen-bond acceptors (Lipinski definition) is 4. The first-order valence-electron chi connectivity index (χ1n) is 3.34. The number of nitrogens with zero attached hydrogens (tertiary/aromatic N) is 2. The number of nitrogens with two attached hydrogens (primary N) is 1. The Morgan fingerprint density at radius 2 is 2.50 bits per heavy atom. The van der Waals surface area contributed by atoms with E-state index in [4.69, 9.17) is 5.84 Å². The smallest absolute Gasteiger partial charge is 0.260 e. The predicted octanol–water partition coefficient (Wildman–Crippen LogP) is -0.858. The molecule has 0 spiro atoms. The SMILES string of the molecule is NNn1ccc2c(=O)[nH]cnc21. The summed E-state index contributed by atoms with van der Waals surface area (Å²) in [7, 11) is 0. The van der Waals surface area contributed by atoms with Crippen LogP contribution in [0.15, 0.2) is 23.4 Å². The second-order valence-corrected chi connectivity index (χ2v) is 2.28. The Balaban J connectivity index is 2.89. The van der Waals surface area contributed by atoms with Gasteiger partial charge in [-0.1, -0.05) is 0 Å². The van der Waals surface area contributed by atoms with Crippen molar-refractivity contribution in [1.82, 2.24) is 14.6 Å². The minimum absolute atomic E-state index is 0.172. The van der Waals surface area contributed by atoms with Gasteiger partial charge in [0.15, 0.2) is 5.65 Å². The van der Waals surface area contributed by atoms with Gasteiger partial charge >= 0.3 is 0 Å². The third kappa shape index (κ3) is 0.785. The topological polar surface area (TPSA) is 88.7 Å². The Hall–Kier alpha value is -1.82. The Labute approximate surface area is 67.0 Å². The highest BCUT2D eigenvalue weighted by atomic mass is 16.1. The largest absolute Gasteiger partial charge is 0.313 e. The van der Waals surface area contributed by atoms with E-state index in [-0.39, 0.29) is 5.56 Å². The van der Waals surface area contributed by atoms with Crippen LogP contribution in [-0.2, 0) is 0 Å². The van der Waals surface area contributed by atoms with Crippen molar-refractivity contribution >= 4 is 11.0 Å². The van der Waals surface area contributed by atoms with E-state index in [0.29, 0.717) is 11.0 Å². The molecule has 2 aromatic rings. The lowest BCUT2D eigenvalue weighted by Crippen LogP contribution is -2.21. The molecule has 6 heteroatoms. The summed E-state index contributed by atoms with van der Waals surface area (Å²) >= 11 is 0. The summed E-state index contributed by atoms with van der Waals surface area (Å²) in [6.45, 7) is 0. The zero-order chi connectivity index (χ0) is 8.55. The molecule has 0 aliphatic rings. The number of rotatable bonds is 1. The molecule has 0 saturated heterocycles. The summed E-state index contributed by atoms with van der Waals surface area (Å²) in [6.07, 6.45) is 2.96. The number of H-pyrrole nitrogens is 1. The third-order valence-electron chi connectivity index (χ3n) is 1.63. The standard InChI is InChI=1S/C6H7N5O/c7-10-11-2-1-4-5(11)8-3-9-6(4)12/h1-3,10H,7H2,(H,8,9,12). The number of nitrogen functional groups attached to an aromatic ring is 1. The summed E-state index contributed by atoms with van der Waals surface area (Å²) in [4.78, 5) is 17.5. The van der Waals surface area contributed by atoms with Gasteiger partial charge in [-0.2, -0.15) is 0 Å². The van der Waals surface area contributed by atoms with Gasteiger partial charge in [-0.25, -0.2) is 15.5 Å². The van der Waals surface area contributed by atoms with Crippen LogP contribution in [0.4, 0.5) is 0 Å². The molecule has 2 aromatic heterocycles. The zero-order valence-electron chi connectivity index (χ0n) is 6.11. The molecule has 4 N–H and O–H groups in total. The van der Waals surface area contributed by atoms with Gasteiger partial charge in [0.25, 0.3) is 5.56 Å².